The van der Waals surface area contributed by atoms with E-state index in [1.807, 2.05) is 0 Å². The number of nitrogens with two attached hydrogens (primary N) is 1. The number of aliphatic hydroxyl groups excluding tert-OH is 1. The molecule has 0 aliphatic carbocycles. The number of carbonyl (C=O) groups is 1. The van der Waals surface area contributed by atoms with E-state index in [-0.39, 0.29) is 35.7 Å². The SMILES string of the molecule is CCOc1nc(N)nc2c1ncn2[C@@H]1O[C@H](CO[P@](=S)(N[C@@H](C)C(=O)OC(C)C)Oc2ccccc2)[C@@H](O)[C@@]1(F)Cl. The minimum Gasteiger partial charge on any atom is -0.476 e. The Bertz CT molecular complexity index is 1420. The van der Waals surface area contributed by atoms with E-state index in [0.29, 0.717) is 5.75 Å². The standard InChI is InChI=1S/C24H31ClFN6O7PS/c1-5-35-20-17-19(29-23(27)30-20)32(12-28-17)22-24(25,26)18(33)16(38-22)11-36-40(41,39-15-9-7-6-8-10-15)31-14(4)21(34)37-13(2)3/h6-10,12-14,16,18,22,33H,5,11H2,1-4H3,(H,31,41)(H2,27,29,30)/t14-,16+,18+,22+,24-,40+/m0/s1. The monoisotopic (exact) mass is 632 g/mol. The molecule has 1 saturated heterocycles. The van der Waals surface area contributed by atoms with Crippen LogP contribution in [0.1, 0.15) is 33.9 Å². The van der Waals surface area contributed by atoms with E-state index in [4.69, 9.17) is 52.4 Å². The molecule has 0 amide bonds. The van der Waals surface area contributed by atoms with Gasteiger partial charge in [0, 0.05) is 0 Å². The molecular weight excluding hydrogens is 602 g/mol. The highest BCUT2D eigenvalue weighted by Gasteiger charge is 2.58. The first-order chi connectivity index (χ1) is 19.3. The summed E-state index contributed by atoms with van der Waals surface area (Å²) >= 11 is 11.9. The summed E-state index contributed by atoms with van der Waals surface area (Å²) in [5.74, 6) is -0.255. The smallest absolute Gasteiger partial charge is 0.323 e. The first-order valence-electron chi connectivity index (χ1n) is 12.7. The van der Waals surface area contributed by atoms with Crippen LogP contribution < -0.4 is 20.1 Å². The van der Waals surface area contributed by atoms with Crippen LogP contribution in [0.2, 0.25) is 0 Å². The van der Waals surface area contributed by atoms with Gasteiger partial charge in [0.05, 0.1) is 25.6 Å². The van der Waals surface area contributed by atoms with E-state index in [9.17, 15) is 9.90 Å². The highest BCUT2D eigenvalue weighted by atomic mass is 35.5. The molecule has 13 nitrogen and oxygen atoms in total. The van der Waals surface area contributed by atoms with Crippen molar-refractivity contribution >= 4 is 53.1 Å². The molecule has 0 spiro atoms. The molecule has 224 valence electrons. The van der Waals surface area contributed by atoms with Gasteiger partial charge in [0.15, 0.2) is 17.4 Å². The number of esters is 1. The third kappa shape index (κ3) is 7.05. The number of hydrogen-bond donors (Lipinski definition) is 3. The van der Waals surface area contributed by atoms with Crippen molar-refractivity contribution in [3.63, 3.8) is 0 Å². The second kappa shape index (κ2) is 12.7. The maximum atomic E-state index is 15.8. The number of rotatable bonds is 12. The summed E-state index contributed by atoms with van der Waals surface area (Å²) in [6.45, 7) is 3.04. The molecule has 3 aromatic rings. The van der Waals surface area contributed by atoms with Gasteiger partial charge in [-0.3, -0.25) is 9.36 Å². The van der Waals surface area contributed by atoms with Crippen LogP contribution in [0.4, 0.5) is 10.3 Å². The van der Waals surface area contributed by atoms with Crippen LogP contribution in [-0.2, 0) is 30.6 Å². The van der Waals surface area contributed by atoms with Crippen molar-refractivity contribution in [2.24, 2.45) is 0 Å². The minimum atomic E-state index is -3.50. The Morgan fingerprint density at radius 1 is 1.34 bits per heavy atom. The lowest BCUT2D eigenvalue weighted by atomic mass is 10.1. The predicted octanol–water partition coefficient (Wildman–Crippen LogP) is 3.22. The highest BCUT2D eigenvalue weighted by Crippen LogP contribution is 2.49. The van der Waals surface area contributed by atoms with E-state index in [2.05, 4.69) is 20.0 Å². The number of hydrogen-bond acceptors (Lipinski definition) is 12. The molecule has 1 fully saturated rings. The number of aromatic nitrogens is 4. The minimum absolute atomic E-state index is 0.0825. The molecule has 0 radical (unpaired) electrons. The zero-order valence-electron chi connectivity index (χ0n) is 22.6. The summed E-state index contributed by atoms with van der Waals surface area (Å²) in [7, 11) is 0. The quantitative estimate of drug-likeness (QED) is 0.152. The highest BCUT2D eigenvalue weighted by molar-refractivity contribution is 8.09. The van der Waals surface area contributed by atoms with Gasteiger partial charge in [-0.05, 0) is 51.6 Å². The van der Waals surface area contributed by atoms with Crippen molar-refractivity contribution in [3.05, 3.63) is 36.7 Å². The second-order valence-corrected chi connectivity index (χ2v) is 13.0. The third-order valence-electron chi connectivity index (χ3n) is 5.75. The Morgan fingerprint density at radius 3 is 2.71 bits per heavy atom. The first kappa shape index (κ1) is 31.3. The van der Waals surface area contributed by atoms with Gasteiger partial charge in [-0.2, -0.15) is 9.97 Å². The Labute approximate surface area is 245 Å². The summed E-state index contributed by atoms with van der Waals surface area (Å²) in [6.07, 6.45) is -3.91. The molecule has 1 aromatic carbocycles. The molecule has 3 heterocycles. The number of nitrogens with one attached hydrogen (secondary N) is 1. The molecule has 0 saturated carbocycles. The second-order valence-electron chi connectivity index (χ2n) is 9.32. The lowest BCUT2D eigenvalue weighted by Crippen LogP contribution is -2.40. The van der Waals surface area contributed by atoms with Crippen LogP contribution in [-0.4, -0.2) is 73.3 Å². The molecule has 4 rings (SSSR count). The van der Waals surface area contributed by atoms with Crippen molar-refractivity contribution in [3.8, 4) is 11.6 Å². The molecule has 41 heavy (non-hydrogen) atoms. The maximum absolute atomic E-state index is 15.8. The number of carbonyl (C=O) groups excluding carboxylic acids is 1. The van der Waals surface area contributed by atoms with E-state index in [1.54, 1.807) is 58.0 Å². The summed E-state index contributed by atoms with van der Waals surface area (Å²) in [5.41, 5.74) is 6.09. The normalized spacial score (nSPS) is 24.7. The van der Waals surface area contributed by atoms with Crippen LogP contribution in [0, 0.1) is 0 Å². The fraction of sp³-hybridized carbons (Fsp3) is 0.500. The third-order valence-corrected chi connectivity index (χ3v) is 8.66. The molecule has 0 bridgehead atoms. The number of alkyl halides is 2. The predicted molar refractivity (Wildman–Crippen MR) is 152 cm³/mol. The average molecular weight is 633 g/mol. The number of para-hydroxylation sites is 1. The number of benzene rings is 1. The lowest BCUT2D eigenvalue weighted by Gasteiger charge is -2.28. The zero-order chi connectivity index (χ0) is 29.9. The maximum Gasteiger partial charge on any atom is 0.323 e. The van der Waals surface area contributed by atoms with Crippen LogP contribution in [0.3, 0.4) is 0 Å². The molecule has 0 unspecified atom stereocenters. The molecule has 1 aliphatic rings. The summed E-state index contributed by atoms with van der Waals surface area (Å²) in [5, 5.41) is 10.9. The van der Waals surface area contributed by atoms with Crippen LogP contribution in [0.15, 0.2) is 36.7 Å². The Hall–Kier alpha value is -2.65. The van der Waals surface area contributed by atoms with Crippen molar-refractivity contribution < 1.29 is 37.5 Å². The fourth-order valence-corrected chi connectivity index (χ4v) is 6.64. The fourth-order valence-electron chi connectivity index (χ4n) is 3.93. The molecule has 17 heteroatoms. The molecule has 6 atom stereocenters. The van der Waals surface area contributed by atoms with Crippen LogP contribution >= 0.6 is 18.2 Å². The van der Waals surface area contributed by atoms with Gasteiger partial charge in [-0.25, -0.2) is 14.5 Å². The van der Waals surface area contributed by atoms with Crippen molar-refractivity contribution in [1.29, 1.82) is 0 Å². The summed E-state index contributed by atoms with van der Waals surface area (Å²) < 4.78 is 45.4. The Morgan fingerprint density at radius 2 is 2.05 bits per heavy atom. The van der Waals surface area contributed by atoms with Gasteiger partial charge in [0.1, 0.15) is 24.0 Å². The average Bonchev–Trinajstić information content (AvgIpc) is 3.41. The van der Waals surface area contributed by atoms with E-state index in [0.717, 1.165) is 0 Å². The molecule has 1 aliphatic heterocycles. The molecule has 4 N–H and O–H groups in total. The van der Waals surface area contributed by atoms with Gasteiger partial charge in [-0.1, -0.05) is 29.8 Å². The number of anilines is 1. The molecule has 2 aromatic heterocycles. The van der Waals surface area contributed by atoms with Crippen molar-refractivity contribution in [1.82, 2.24) is 24.6 Å². The number of halogens is 2. The molecular formula is C24H31ClFN6O7PS. The number of nitrogen functional groups attached to an aromatic ring is 1. The van der Waals surface area contributed by atoms with Crippen molar-refractivity contribution in [2.45, 2.75) is 63.4 Å². The Balaban J connectivity index is 1.56. The topological polar surface area (TPSA) is 165 Å². The van der Waals surface area contributed by atoms with Gasteiger partial charge < -0.3 is 34.1 Å². The van der Waals surface area contributed by atoms with E-state index in [1.165, 1.54) is 10.9 Å². The zero-order valence-corrected chi connectivity index (χ0v) is 25.1. The van der Waals surface area contributed by atoms with Crippen LogP contribution in [0.25, 0.3) is 11.2 Å². The van der Waals surface area contributed by atoms with Gasteiger partial charge in [0.25, 0.3) is 5.13 Å². The number of fused-ring (bicyclic) bond motifs is 1. The summed E-state index contributed by atoms with van der Waals surface area (Å²) in [6, 6.07) is 7.64. The number of nitrogens with zero attached hydrogens (tertiary/aromatic N) is 4. The van der Waals surface area contributed by atoms with E-state index < -0.39 is 48.8 Å². The number of imidazole rings is 1. The lowest BCUT2D eigenvalue weighted by molar-refractivity contribution is -0.149. The van der Waals surface area contributed by atoms with Crippen molar-refractivity contribution in [2.75, 3.05) is 18.9 Å². The van der Waals surface area contributed by atoms with Gasteiger partial charge in [0.2, 0.25) is 11.8 Å². The van der Waals surface area contributed by atoms with E-state index >= 15 is 4.39 Å². The van der Waals surface area contributed by atoms with Gasteiger partial charge >= 0.3 is 12.6 Å². The first-order valence-corrected chi connectivity index (χ1v) is 15.7. The number of ether oxygens (including phenoxy) is 3. The Kier molecular flexibility index (Phi) is 9.69. The largest absolute Gasteiger partial charge is 0.476 e. The van der Waals surface area contributed by atoms with Gasteiger partial charge in [-0.15, -0.1) is 0 Å². The summed E-state index contributed by atoms with van der Waals surface area (Å²) in [4.78, 5) is 24.8. The number of aliphatic hydroxyl groups is 1. The van der Waals surface area contributed by atoms with Crippen LogP contribution in [0.5, 0.6) is 11.6 Å².